The van der Waals surface area contributed by atoms with E-state index in [1.807, 2.05) is 25.2 Å². The monoisotopic (exact) mass is 233 g/mol. The minimum absolute atomic E-state index is 0.0149. The highest BCUT2D eigenvalue weighted by molar-refractivity contribution is 5.99. The maximum absolute atomic E-state index is 11.3. The quantitative estimate of drug-likeness (QED) is 0.740. The lowest BCUT2D eigenvalue weighted by Gasteiger charge is -2.27. The molecule has 92 valence electrons. The summed E-state index contributed by atoms with van der Waals surface area (Å²) in [5.74, 6) is 0.0756. The smallest absolute Gasteiger partial charge is 0.228 e. The first kappa shape index (κ1) is 11.9. The van der Waals surface area contributed by atoms with Gasteiger partial charge < -0.3 is 16.0 Å². The van der Waals surface area contributed by atoms with Gasteiger partial charge in [0.15, 0.2) is 0 Å². The van der Waals surface area contributed by atoms with Gasteiger partial charge in [0.05, 0.1) is 6.42 Å². The number of likely N-dealkylation sites (N-methyl/N-ethyl adjacent to an activating group) is 1. The van der Waals surface area contributed by atoms with Gasteiger partial charge in [-0.3, -0.25) is 4.79 Å². The van der Waals surface area contributed by atoms with E-state index in [1.54, 1.807) is 0 Å². The second-order valence-corrected chi connectivity index (χ2v) is 5.14. The Hall–Kier alpha value is -1.55. The Morgan fingerprint density at radius 2 is 2.18 bits per heavy atom. The molecule has 3 N–H and O–H groups in total. The Balaban J connectivity index is 2.14. The predicted molar refractivity (Wildman–Crippen MR) is 70.4 cm³/mol. The third kappa shape index (κ3) is 2.77. The van der Waals surface area contributed by atoms with Crippen LogP contribution in [-0.2, 0) is 11.2 Å². The first-order valence-electron chi connectivity index (χ1n) is 5.86. The fraction of sp³-hybridized carbons (Fsp3) is 0.462. The SMILES string of the molecule is CNCC(C)(C)Nc1ccc2c(c1)CC(=O)N2. The van der Waals surface area contributed by atoms with Crippen molar-refractivity contribution < 1.29 is 4.79 Å². The van der Waals surface area contributed by atoms with Crippen LogP contribution in [0.3, 0.4) is 0 Å². The van der Waals surface area contributed by atoms with Crippen LogP contribution in [0, 0.1) is 0 Å². The number of anilines is 2. The van der Waals surface area contributed by atoms with Crippen LogP contribution in [0.5, 0.6) is 0 Å². The maximum atomic E-state index is 11.3. The lowest BCUT2D eigenvalue weighted by atomic mass is 10.0. The average Bonchev–Trinajstić information content (AvgIpc) is 2.56. The molecule has 0 saturated carbocycles. The van der Waals surface area contributed by atoms with Crippen molar-refractivity contribution in [2.75, 3.05) is 24.2 Å². The molecule has 0 aliphatic carbocycles. The summed E-state index contributed by atoms with van der Waals surface area (Å²) in [4.78, 5) is 11.3. The molecule has 4 nitrogen and oxygen atoms in total. The molecule has 1 amide bonds. The molecular weight excluding hydrogens is 214 g/mol. The fourth-order valence-electron chi connectivity index (χ4n) is 2.18. The number of amides is 1. The highest BCUT2D eigenvalue weighted by Crippen LogP contribution is 2.27. The molecule has 0 spiro atoms. The number of benzene rings is 1. The summed E-state index contributed by atoms with van der Waals surface area (Å²) in [7, 11) is 1.94. The van der Waals surface area contributed by atoms with Crippen LogP contribution in [-0.4, -0.2) is 25.0 Å². The molecular formula is C13H19N3O. The van der Waals surface area contributed by atoms with Gasteiger partial charge in [-0.05, 0) is 44.7 Å². The summed E-state index contributed by atoms with van der Waals surface area (Å²) < 4.78 is 0. The Kier molecular flexibility index (Phi) is 3.07. The normalized spacial score (nSPS) is 14.4. The van der Waals surface area contributed by atoms with Gasteiger partial charge in [-0.15, -0.1) is 0 Å². The first-order valence-corrected chi connectivity index (χ1v) is 5.86. The molecule has 17 heavy (non-hydrogen) atoms. The molecule has 0 radical (unpaired) electrons. The number of carbonyl (C=O) groups is 1. The number of rotatable bonds is 4. The summed E-state index contributed by atoms with van der Waals surface area (Å²) in [6.45, 7) is 5.15. The van der Waals surface area contributed by atoms with Gasteiger partial charge in [0, 0.05) is 23.5 Å². The standard InChI is InChI=1S/C13H19N3O/c1-13(2,8-14-3)16-10-4-5-11-9(6-10)7-12(17)15-11/h4-6,14,16H,7-8H2,1-3H3,(H,15,17). The number of fused-ring (bicyclic) bond motifs is 1. The molecule has 2 rings (SSSR count). The van der Waals surface area contributed by atoms with Crippen LogP contribution in [0.4, 0.5) is 11.4 Å². The highest BCUT2D eigenvalue weighted by Gasteiger charge is 2.20. The van der Waals surface area contributed by atoms with E-state index in [0.29, 0.717) is 6.42 Å². The Bertz CT molecular complexity index is 440. The van der Waals surface area contributed by atoms with Crippen LogP contribution in [0.25, 0.3) is 0 Å². The number of hydrogen-bond acceptors (Lipinski definition) is 3. The highest BCUT2D eigenvalue weighted by atomic mass is 16.1. The van der Waals surface area contributed by atoms with Crippen molar-refractivity contribution in [2.45, 2.75) is 25.8 Å². The zero-order chi connectivity index (χ0) is 12.5. The summed E-state index contributed by atoms with van der Waals surface area (Å²) in [5.41, 5.74) is 3.05. The molecule has 1 aromatic carbocycles. The number of carbonyl (C=O) groups excluding carboxylic acids is 1. The molecule has 0 atom stereocenters. The van der Waals surface area contributed by atoms with Gasteiger partial charge in [0.1, 0.15) is 0 Å². The van der Waals surface area contributed by atoms with Gasteiger partial charge in [0.2, 0.25) is 5.91 Å². The van der Waals surface area contributed by atoms with Gasteiger partial charge in [-0.1, -0.05) is 0 Å². The third-order valence-corrected chi connectivity index (χ3v) is 2.83. The lowest BCUT2D eigenvalue weighted by Crippen LogP contribution is -2.40. The molecule has 4 heteroatoms. The second kappa shape index (κ2) is 4.37. The number of hydrogen-bond donors (Lipinski definition) is 3. The Morgan fingerprint density at radius 3 is 2.88 bits per heavy atom. The molecule has 0 saturated heterocycles. The van der Waals surface area contributed by atoms with Gasteiger partial charge in [-0.25, -0.2) is 0 Å². The molecule has 0 unspecified atom stereocenters. The largest absolute Gasteiger partial charge is 0.379 e. The van der Waals surface area contributed by atoms with Crippen molar-refractivity contribution >= 4 is 17.3 Å². The third-order valence-electron chi connectivity index (χ3n) is 2.83. The topological polar surface area (TPSA) is 53.2 Å². The predicted octanol–water partition coefficient (Wildman–Crippen LogP) is 1.59. The molecule has 1 aliphatic rings. The maximum Gasteiger partial charge on any atom is 0.228 e. The van der Waals surface area contributed by atoms with E-state index < -0.39 is 0 Å². The average molecular weight is 233 g/mol. The number of nitrogens with one attached hydrogen (secondary N) is 3. The van der Waals surface area contributed by atoms with Crippen LogP contribution in [0.2, 0.25) is 0 Å². The summed E-state index contributed by atoms with van der Waals surface area (Å²) in [6.07, 6.45) is 0.483. The van der Waals surface area contributed by atoms with E-state index in [2.05, 4.69) is 29.8 Å². The van der Waals surface area contributed by atoms with Gasteiger partial charge in [0.25, 0.3) is 0 Å². The summed E-state index contributed by atoms with van der Waals surface area (Å²) >= 11 is 0. The molecule has 1 heterocycles. The first-order chi connectivity index (χ1) is 8.00. The molecule has 1 aromatic rings. The molecule has 1 aliphatic heterocycles. The van der Waals surface area contributed by atoms with E-state index in [0.717, 1.165) is 23.5 Å². The molecule has 0 bridgehead atoms. The van der Waals surface area contributed by atoms with E-state index >= 15 is 0 Å². The van der Waals surface area contributed by atoms with Crippen molar-refractivity contribution in [1.82, 2.24) is 5.32 Å². The van der Waals surface area contributed by atoms with Crippen molar-refractivity contribution in [3.63, 3.8) is 0 Å². The zero-order valence-corrected chi connectivity index (χ0v) is 10.6. The van der Waals surface area contributed by atoms with Crippen LogP contribution in [0.1, 0.15) is 19.4 Å². The zero-order valence-electron chi connectivity index (χ0n) is 10.6. The molecule has 0 fully saturated rings. The van der Waals surface area contributed by atoms with Gasteiger partial charge in [-0.2, -0.15) is 0 Å². The lowest BCUT2D eigenvalue weighted by molar-refractivity contribution is -0.115. The summed E-state index contributed by atoms with van der Waals surface area (Å²) in [5, 5.41) is 9.45. The van der Waals surface area contributed by atoms with Gasteiger partial charge >= 0.3 is 0 Å². The Labute approximate surface area is 102 Å². The minimum Gasteiger partial charge on any atom is -0.379 e. The van der Waals surface area contributed by atoms with E-state index in [1.165, 1.54) is 0 Å². The molecule has 0 aromatic heterocycles. The van der Waals surface area contributed by atoms with Crippen molar-refractivity contribution in [3.8, 4) is 0 Å². The van der Waals surface area contributed by atoms with Crippen LogP contribution in [0.15, 0.2) is 18.2 Å². The summed E-state index contributed by atoms with van der Waals surface area (Å²) in [6, 6.07) is 6.00. The van der Waals surface area contributed by atoms with Crippen LogP contribution >= 0.6 is 0 Å². The van der Waals surface area contributed by atoms with Crippen LogP contribution < -0.4 is 16.0 Å². The van der Waals surface area contributed by atoms with E-state index in [4.69, 9.17) is 0 Å². The van der Waals surface area contributed by atoms with Crippen molar-refractivity contribution in [3.05, 3.63) is 23.8 Å². The van der Waals surface area contributed by atoms with Crippen molar-refractivity contribution in [2.24, 2.45) is 0 Å². The Morgan fingerprint density at radius 1 is 1.41 bits per heavy atom. The van der Waals surface area contributed by atoms with Crippen molar-refractivity contribution in [1.29, 1.82) is 0 Å². The second-order valence-electron chi connectivity index (χ2n) is 5.14. The van der Waals surface area contributed by atoms with E-state index in [-0.39, 0.29) is 11.4 Å². The fourth-order valence-corrected chi connectivity index (χ4v) is 2.18. The minimum atomic E-state index is -0.0149. The van der Waals surface area contributed by atoms with E-state index in [9.17, 15) is 4.79 Å².